The molecule has 13 nitrogen and oxygen atoms in total. The third-order valence-corrected chi connectivity index (χ3v) is 10.1. The standard InChI is InChI=1S/C31H53N3O10/c1-12-21-31(8)25(34(32)29(39)44-31)17(4)22(35)15(2)14-30(7,40-11)26(18(5)23(36)19(6)27(38)42-21)43-28-24(37)20(33(9)10)13-16(3)41-28/h15-21,24-26,28,37H,12-14,32H2,1-11H3/t15-,16-,17?,18+,19-,20+,21-,24-,25-,26-,28+,30-,31-/m1/s1. The number of carbonyl (C=O) groups is 4. The fourth-order valence-electron chi connectivity index (χ4n) is 7.41. The second-order valence-electron chi connectivity index (χ2n) is 13.6. The highest BCUT2D eigenvalue weighted by Gasteiger charge is 2.60. The third kappa shape index (κ3) is 6.68. The molecule has 0 aromatic heterocycles. The van der Waals surface area contributed by atoms with Gasteiger partial charge >= 0.3 is 12.1 Å². The number of hydrogen-bond acceptors (Lipinski definition) is 12. The van der Waals surface area contributed by atoms with Gasteiger partial charge in [-0.1, -0.05) is 27.7 Å². The lowest BCUT2D eigenvalue weighted by molar-refractivity contribution is -0.295. The Morgan fingerprint density at radius 2 is 1.66 bits per heavy atom. The normalized spacial score (nSPS) is 44.7. The van der Waals surface area contributed by atoms with Crippen LogP contribution in [0.15, 0.2) is 0 Å². The molecule has 3 fully saturated rings. The van der Waals surface area contributed by atoms with Crippen LogP contribution in [0.1, 0.15) is 74.7 Å². The van der Waals surface area contributed by atoms with Crippen molar-refractivity contribution in [2.24, 2.45) is 29.5 Å². The highest BCUT2D eigenvalue weighted by Crippen LogP contribution is 2.42. The summed E-state index contributed by atoms with van der Waals surface area (Å²) in [6.07, 6.45) is -4.33. The maximum Gasteiger partial charge on any atom is 0.425 e. The molecule has 252 valence electrons. The Morgan fingerprint density at radius 1 is 1.05 bits per heavy atom. The summed E-state index contributed by atoms with van der Waals surface area (Å²) in [4.78, 5) is 56.1. The average molecular weight is 628 g/mol. The van der Waals surface area contributed by atoms with Crippen LogP contribution in [0, 0.1) is 23.7 Å². The lowest BCUT2D eigenvalue weighted by Crippen LogP contribution is -2.60. The zero-order valence-electron chi connectivity index (χ0n) is 28.1. The summed E-state index contributed by atoms with van der Waals surface area (Å²) in [7, 11) is 5.18. The van der Waals surface area contributed by atoms with E-state index in [-0.39, 0.29) is 30.8 Å². The molecule has 3 saturated heterocycles. The summed E-state index contributed by atoms with van der Waals surface area (Å²) in [5, 5.41) is 12.1. The molecule has 3 rings (SSSR count). The number of nitrogens with zero attached hydrogens (tertiary/aromatic N) is 2. The number of Topliss-reactive ketones (excluding diaryl/α,β-unsaturated/α-hetero) is 2. The van der Waals surface area contributed by atoms with Gasteiger partial charge in [0.05, 0.1) is 17.8 Å². The highest BCUT2D eigenvalue weighted by molar-refractivity contribution is 6.00. The number of hydrazine groups is 1. The zero-order valence-corrected chi connectivity index (χ0v) is 28.1. The van der Waals surface area contributed by atoms with Crippen molar-refractivity contribution in [1.29, 1.82) is 0 Å². The number of rotatable bonds is 5. The van der Waals surface area contributed by atoms with E-state index < -0.39 is 83.4 Å². The van der Waals surface area contributed by atoms with Crippen LogP contribution in [-0.2, 0) is 38.1 Å². The number of aliphatic hydroxyl groups excluding tert-OH is 1. The number of carbonyl (C=O) groups excluding carboxylic acids is 4. The second kappa shape index (κ2) is 13.7. The number of hydrogen-bond donors (Lipinski definition) is 2. The summed E-state index contributed by atoms with van der Waals surface area (Å²) >= 11 is 0. The Morgan fingerprint density at radius 3 is 2.20 bits per heavy atom. The van der Waals surface area contributed by atoms with Crippen LogP contribution in [0.5, 0.6) is 0 Å². The van der Waals surface area contributed by atoms with E-state index in [0.717, 1.165) is 5.01 Å². The Bertz CT molecular complexity index is 1090. The van der Waals surface area contributed by atoms with Crippen molar-refractivity contribution in [2.75, 3.05) is 21.2 Å². The number of ketones is 2. The summed E-state index contributed by atoms with van der Waals surface area (Å²) in [5.74, 6) is 1.03. The molecule has 0 aromatic rings. The molecule has 0 spiro atoms. The van der Waals surface area contributed by atoms with Gasteiger partial charge in [-0.3, -0.25) is 14.4 Å². The van der Waals surface area contributed by atoms with Gasteiger partial charge < -0.3 is 33.7 Å². The average Bonchev–Trinajstić information content (AvgIpc) is 3.20. The first-order chi connectivity index (χ1) is 20.3. The summed E-state index contributed by atoms with van der Waals surface area (Å²) < 4.78 is 30.1. The molecule has 13 heteroatoms. The summed E-state index contributed by atoms with van der Waals surface area (Å²) in [5.41, 5.74) is -2.71. The van der Waals surface area contributed by atoms with Crippen LogP contribution in [0.2, 0.25) is 0 Å². The van der Waals surface area contributed by atoms with Crippen molar-refractivity contribution in [3.63, 3.8) is 0 Å². The number of nitrogens with two attached hydrogens (primary N) is 1. The fraction of sp³-hybridized carbons (Fsp3) is 0.871. The van der Waals surface area contributed by atoms with Gasteiger partial charge in [0, 0.05) is 30.9 Å². The zero-order chi connectivity index (χ0) is 33.5. The molecule has 13 atom stereocenters. The second-order valence-corrected chi connectivity index (χ2v) is 13.6. The number of cyclic esters (lactones) is 1. The Hall–Kier alpha value is -2.16. The molecule has 44 heavy (non-hydrogen) atoms. The molecule has 3 N–H and O–H groups in total. The Balaban J connectivity index is 2.11. The van der Waals surface area contributed by atoms with E-state index in [1.54, 1.807) is 41.5 Å². The lowest BCUT2D eigenvalue weighted by atomic mass is 9.73. The van der Waals surface area contributed by atoms with E-state index in [0.29, 0.717) is 6.42 Å². The number of methoxy groups -OCH3 is 1. The van der Waals surface area contributed by atoms with E-state index in [1.165, 1.54) is 14.0 Å². The van der Waals surface area contributed by atoms with Crippen LogP contribution < -0.4 is 5.84 Å². The van der Waals surface area contributed by atoms with Crippen LogP contribution in [-0.4, -0.2) is 114 Å². The first-order valence-corrected chi connectivity index (χ1v) is 15.6. The molecule has 3 aliphatic heterocycles. The highest BCUT2D eigenvalue weighted by atomic mass is 16.7. The van der Waals surface area contributed by atoms with Gasteiger partial charge in [-0.25, -0.2) is 15.6 Å². The van der Waals surface area contributed by atoms with E-state index in [2.05, 4.69) is 0 Å². The maximum absolute atomic E-state index is 14.0. The molecule has 0 aromatic carbocycles. The monoisotopic (exact) mass is 627 g/mol. The van der Waals surface area contributed by atoms with Crippen molar-refractivity contribution in [3.05, 3.63) is 0 Å². The number of amides is 1. The Labute approximate surface area is 261 Å². The van der Waals surface area contributed by atoms with E-state index in [1.807, 2.05) is 25.9 Å². The van der Waals surface area contributed by atoms with Crippen LogP contribution in [0.3, 0.4) is 0 Å². The van der Waals surface area contributed by atoms with Gasteiger partial charge in [-0.05, 0) is 61.1 Å². The number of likely N-dealkylation sites (N-methyl/N-ethyl adjacent to an activating group) is 1. The van der Waals surface area contributed by atoms with E-state index in [4.69, 9.17) is 29.5 Å². The number of esters is 1. The van der Waals surface area contributed by atoms with Gasteiger partial charge in [0.2, 0.25) is 0 Å². The number of ether oxygens (including phenoxy) is 5. The molecule has 1 amide bonds. The molecule has 3 heterocycles. The number of fused-ring (bicyclic) bond motifs is 1. The topological polar surface area (TPSA) is 167 Å². The van der Waals surface area contributed by atoms with Gasteiger partial charge in [-0.2, -0.15) is 0 Å². The van der Waals surface area contributed by atoms with Crippen LogP contribution in [0.25, 0.3) is 0 Å². The molecule has 0 aliphatic carbocycles. The Kier molecular flexibility index (Phi) is 11.3. The summed E-state index contributed by atoms with van der Waals surface area (Å²) in [6.45, 7) is 13.5. The van der Waals surface area contributed by atoms with Crippen LogP contribution in [0.4, 0.5) is 4.79 Å². The predicted molar refractivity (Wildman–Crippen MR) is 159 cm³/mol. The van der Waals surface area contributed by atoms with Gasteiger partial charge in [-0.15, -0.1) is 0 Å². The van der Waals surface area contributed by atoms with Crippen LogP contribution >= 0.6 is 0 Å². The first-order valence-electron chi connectivity index (χ1n) is 15.6. The largest absolute Gasteiger partial charge is 0.458 e. The molecule has 0 saturated carbocycles. The fourth-order valence-corrected chi connectivity index (χ4v) is 7.41. The lowest BCUT2D eigenvalue weighted by Gasteiger charge is -2.47. The summed E-state index contributed by atoms with van der Waals surface area (Å²) in [6, 6.07) is -1.22. The molecule has 0 radical (unpaired) electrons. The molecular formula is C31H53N3O10. The quantitative estimate of drug-likeness (QED) is 0.197. The SMILES string of the molecule is CC[C@H]1OC(=O)[C@H](C)C(=O)[C@H](C)[C@@H](O[C@@H]2O[C@H](C)C[C@H](N(C)C)[C@H]2O)[C@](C)(OC)C[C@@H](C)C(=O)C(C)[C@H]2N(N)C(=O)O[C@]12C. The van der Waals surface area contributed by atoms with Crippen molar-refractivity contribution in [1.82, 2.24) is 9.91 Å². The molecule has 0 bridgehead atoms. The first kappa shape index (κ1) is 36.3. The van der Waals surface area contributed by atoms with Crippen molar-refractivity contribution < 1.29 is 48.0 Å². The molecular weight excluding hydrogens is 574 g/mol. The van der Waals surface area contributed by atoms with E-state index in [9.17, 15) is 24.3 Å². The van der Waals surface area contributed by atoms with Crippen molar-refractivity contribution in [3.8, 4) is 0 Å². The number of aliphatic hydroxyl groups is 1. The minimum absolute atomic E-state index is 0.114. The smallest absolute Gasteiger partial charge is 0.425 e. The van der Waals surface area contributed by atoms with Gasteiger partial charge in [0.15, 0.2) is 17.7 Å². The minimum Gasteiger partial charge on any atom is -0.458 e. The van der Waals surface area contributed by atoms with Crippen molar-refractivity contribution in [2.45, 2.75) is 129 Å². The third-order valence-electron chi connectivity index (χ3n) is 10.1. The minimum atomic E-state index is -1.45. The van der Waals surface area contributed by atoms with E-state index >= 15 is 0 Å². The molecule has 1 unspecified atom stereocenters. The van der Waals surface area contributed by atoms with Gasteiger partial charge in [0.1, 0.15) is 30.0 Å². The maximum atomic E-state index is 14.0. The molecule has 3 aliphatic rings. The van der Waals surface area contributed by atoms with Crippen molar-refractivity contribution >= 4 is 23.6 Å². The van der Waals surface area contributed by atoms with Gasteiger partial charge in [0.25, 0.3) is 0 Å². The predicted octanol–water partition coefficient (Wildman–Crippen LogP) is 2.06.